The lowest BCUT2D eigenvalue weighted by Crippen LogP contribution is -2.48. The Morgan fingerprint density at radius 2 is 1.76 bits per heavy atom. The van der Waals surface area contributed by atoms with E-state index in [0.717, 1.165) is 93.4 Å². The molecule has 3 aliphatic carbocycles. The number of aromatic nitrogens is 2. The molecule has 1 saturated heterocycles. The van der Waals surface area contributed by atoms with E-state index in [9.17, 15) is 28.4 Å². The molecule has 4 N–H and O–H groups in total. The van der Waals surface area contributed by atoms with Crippen molar-refractivity contribution in [1.29, 1.82) is 0 Å². The van der Waals surface area contributed by atoms with Crippen LogP contribution in [0, 0.1) is 33.3 Å². The van der Waals surface area contributed by atoms with Crippen LogP contribution in [0.2, 0.25) is 5.02 Å². The minimum atomic E-state index is -4.58. The standard InChI is InChI=1S/C49H55ClN8O7S/c1-49(2)13-11-32(40(27-49)30-3-5-35(50)6-4-30)29-55-15-17-56(18-16-55)36-7-9-39(43(25-36)57-19-20-65-48-45(57)24-31-12-14-51-46(31)53-48)47(60)54-66(63,64)38-8-10-42(44(26-38)58(61)62)52-28-41-33-21-34(41)23-37(59)22-33/h3-10,12,14,24-26,33-34,37,41,52,59H,11,13,15-23,27-29H2,1-2H3,(H,51,53)(H,54,60). The molecule has 3 aromatic carbocycles. The Kier molecular flexibility index (Phi) is 11.7. The summed E-state index contributed by atoms with van der Waals surface area (Å²) >= 11 is 6.27. The number of hydrogen-bond acceptors (Lipinski definition) is 12. The highest BCUT2D eigenvalue weighted by Gasteiger charge is 2.46. The van der Waals surface area contributed by atoms with Gasteiger partial charge in [-0.25, -0.2) is 13.1 Å². The number of carbonyl (C=O) groups excluding carboxylic acids is 1. The number of carbonyl (C=O) groups is 1. The van der Waals surface area contributed by atoms with Gasteiger partial charge in [-0.1, -0.05) is 43.2 Å². The molecule has 10 rings (SSSR count). The van der Waals surface area contributed by atoms with Crippen molar-refractivity contribution in [3.8, 4) is 5.88 Å². The number of rotatable bonds is 12. The molecule has 346 valence electrons. The van der Waals surface area contributed by atoms with E-state index in [4.69, 9.17) is 21.3 Å². The maximum atomic E-state index is 14.3. The Labute approximate surface area is 389 Å². The number of sulfonamides is 1. The molecule has 5 aromatic rings. The van der Waals surface area contributed by atoms with Gasteiger partial charge in [-0.3, -0.25) is 19.8 Å². The summed E-state index contributed by atoms with van der Waals surface area (Å²) in [4.78, 5) is 40.2. The molecule has 2 saturated carbocycles. The van der Waals surface area contributed by atoms with Crippen LogP contribution in [0.15, 0.2) is 89.5 Å². The highest BCUT2D eigenvalue weighted by Crippen LogP contribution is 2.51. The summed E-state index contributed by atoms with van der Waals surface area (Å²) in [6.07, 6.45) is 7.18. The van der Waals surface area contributed by atoms with Gasteiger partial charge in [-0.15, -0.1) is 0 Å². The van der Waals surface area contributed by atoms with E-state index in [-0.39, 0.29) is 35.3 Å². The Morgan fingerprint density at radius 1 is 0.985 bits per heavy atom. The summed E-state index contributed by atoms with van der Waals surface area (Å²) < 4.78 is 36.1. The second-order valence-electron chi connectivity index (χ2n) is 19.4. The van der Waals surface area contributed by atoms with Crippen LogP contribution in [0.5, 0.6) is 5.88 Å². The zero-order chi connectivity index (χ0) is 45.9. The molecule has 3 fully saturated rings. The van der Waals surface area contributed by atoms with E-state index in [0.29, 0.717) is 47.8 Å². The van der Waals surface area contributed by atoms with E-state index in [2.05, 4.69) is 50.8 Å². The first-order valence-corrected chi connectivity index (χ1v) is 24.8. The first-order valence-electron chi connectivity index (χ1n) is 22.9. The number of benzene rings is 3. The van der Waals surface area contributed by atoms with Crippen molar-refractivity contribution in [2.24, 2.45) is 23.2 Å². The Morgan fingerprint density at radius 3 is 2.52 bits per heavy atom. The summed E-state index contributed by atoms with van der Waals surface area (Å²) in [6, 6.07) is 21.1. The fourth-order valence-electron chi connectivity index (χ4n) is 10.9. The molecule has 4 heterocycles. The number of nitro benzene ring substituents is 1. The van der Waals surface area contributed by atoms with Gasteiger partial charge in [0.25, 0.3) is 21.6 Å². The number of aliphatic hydroxyl groups is 1. The second-order valence-corrected chi connectivity index (χ2v) is 21.5. The van der Waals surface area contributed by atoms with Crippen LogP contribution in [0.3, 0.4) is 0 Å². The second kappa shape index (κ2) is 17.5. The molecule has 5 aliphatic rings. The number of ether oxygens (including phenoxy) is 1. The Bertz CT molecular complexity index is 2830. The third-order valence-corrected chi connectivity index (χ3v) is 16.2. The summed E-state index contributed by atoms with van der Waals surface area (Å²) in [7, 11) is -4.58. The number of nitrogens with zero attached hydrogens (tertiary/aromatic N) is 5. The smallest absolute Gasteiger partial charge is 0.293 e. The van der Waals surface area contributed by atoms with E-state index in [1.807, 2.05) is 41.3 Å². The van der Waals surface area contributed by atoms with E-state index < -0.39 is 31.4 Å². The van der Waals surface area contributed by atoms with Gasteiger partial charge in [0.05, 0.1) is 33.7 Å². The van der Waals surface area contributed by atoms with Crippen LogP contribution in [0.25, 0.3) is 16.6 Å². The van der Waals surface area contributed by atoms with Crippen molar-refractivity contribution >= 4 is 72.6 Å². The van der Waals surface area contributed by atoms with Crippen LogP contribution in [-0.2, 0) is 10.0 Å². The van der Waals surface area contributed by atoms with Gasteiger partial charge in [-0.05, 0) is 127 Å². The van der Waals surface area contributed by atoms with Crippen molar-refractivity contribution in [2.45, 2.75) is 63.4 Å². The van der Waals surface area contributed by atoms with Crippen molar-refractivity contribution in [2.75, 3.05) is 67.5 Å². The predicted molar refractivity (Wildman–Crippen MR) is 256 cm³/mol. The molecule has 2 bridgehead atoms. The minimum absolute atomic E-state index is 0.105. The number of anilines is 4. The van der Waals surface area contributed by atoms with Crippen LogP contribution in [-0.4, -0.2) is 97.7 Å². The number of H-pyrrole nitrogens is 1. The quantitative estimate of drug-likeness (QED) is 0.0693. The first kappa shape index (κ1) is 44.2. The molecule has 1 amide bonds. The molecule has 2 aromatic heterocycles. The zero-order valence-electron chi connectivity index (χ0n) is 37.1. The highest BCUT2D eigenvalue weighted by molar-refractivity contribution is 7.90. The number of aliphatic hydroxyl groups excluding tert-OH is 1. The van der Waals surface area contributed by atoms with Gasteiger partial charge in [-0.2, -0.15) is 4.98 Å². The average molecular weight is 936 g/mol. The number of amides is 1. The fourth-order valence-corrected chi connectivity index (χ4v) is 12.0. The molecule has 0 spiro atoms. The van der Waals surface area contributed by atoms with Gasteiger partial charge in [0.2, 0.25) is 5.88 Å². The fraction of sp³-hybridized carbons (Fsp3) is 0.429. The number of nitrogens with one attached hydrogen (secondary N) is 3. The van der Waals surface area contributed by atoms with Gasteiger partial charge in [0, 0.05) is 67.6 Å². The lowest BCUT2D eigenvalue weighted by Gasteiger charge is -2.51. The summed E-state index contributed by atoms with van der Waals surface area (Å²) in [6.45, 7) is 9.84. The number of fused-ring (bicyclic) bond motifs is 4. The first-order chi connectivity index (χ1) is 31.7. The number of hydrogen-bond donors (Lipinski definition) is 4. The van der Waals surface area contributed by atoms with Gasteiger partial charge >= 0.3 is 0 Å². The van der Waals surface area contributed by atoms with E-state index >= 15 is 0 Å². The molecule has 17 heteroatoms. The van der Waals surface area contributed by atoms with Crippen molar-refractivity contribution in [3.63, 3.8) is 0 Å². The van der Waals surface area contributed by atoms with Crippen molar-refractivity contribution in [3.05, 3.63) is 111 Å². The molecule has 15 nitrogen and oxygen atoms in total. The molecular formula is C49H55ClN8O7S. The highest BCUT2D eigenvalue weighted by atomic mass is 35.5. The molecule has 2 aliphatic heterocycles. The predicted octanol–water partition coefficient (Wildman–Crippen LogP) is 8.38. The van der Waals surface area contributed by atoms with Gasteiger partial charge < -0.3 is 29.9 Å². The minimum Gasteiger partial charge on any atom is -0.474 e. The third-order valence-electron chi connectivity index (χ3n) is 14.6. The van der Waals surface area contributed by atoms with Gasteiger partial charge in [0.1, 0.15) is 23.6 Å². The lowest BCUT2D eigenvalue weighted by molar-refractivity contribution is -0.384. The summed E-state index contributed by atoms with van der Waals surface area (Å²) in [5, 5.41) is 27.1. The number of piperazine rings is 1. The molecular weight excluding hydrogens is 880 g/mol. The maximum Gasteiger partial charge on any atom is 0.293 e. The summed E-state index contributed by atoms with van der Waals surface area (Å²) in [5.74, 6) is 0.509. The lowest BCUT2D eigenvalue weighted by atomic mass is 9.56. The van der Waals surface area contributed by atoms with Gasteiger partial charge in [0.15, 0.2) is 0 Å². The van der Waals surface area contributed by atoms with Crippen LogP contribution in [0.4, 0.5) is 28.4 Å². The summed E-state index contributed by atoms with van der Waals surface area (Å²) in [5.41, 5.74) is 6.89. The van der Waals surface area contributed by atoms with E-state index in [1.165, 1.54) is 28.8 Å². The number of allylic oxidation sites excluding steroid dienone is 1. The molecule has 2 unspecified atom stereocenters. The molecule has 2 atom stereocenters. The number of aromatic amines is 1. The van der Waals surface area contributed by atoms with Crippen LogP contribution in [0.1, 0.15) is 68.3 Å². The van der Waals surface area contributed by atoms with Crippen LogP contribution < -0.4 is 24.6 Å². The molecule has 0 radical (unpaired) electrons. The average Bonchev–Trinajstić information content (AvgIpc) is 3.76. The number of halogens is 1. The zero-order valence-corrected chi connectivity index (χ0v) is 38.7. The largest absolute Gasteiger partial charge is 0.474 e. The number of pyridine rings is 1. The Hall–Kier alpha value is -5.68. The SMILES string of the molecule is CC1(C)CCC(CN2CCN(c3ccc(C(=O)NS(=O)(=O)c4ccc(NCC5C6CC(O)CC5C6)c([N+](=O)[O-])c4)c(N4CCOc5nc6[nH]ccc6cc54)c3)CC2)=C(c2ccc(Cl)cc2)C1. The monoisotopic (exact) mass is 934 g/mol. The topological polar surface area (TPSA) is 186 Å². The van der Waals surface area contributed by atoms with Crippen LogP contribution >= 0.6 is 11.6 Å². The maximum absolute atomic E-state index is 14.3. The molecule has 66 heavy (non-hydrogen) atoms. The third kappa shape index (κ3) is 8.83. The Balaban J connectivity index is 0.901. The number of nitro groups is 1. The van der Waals surface area contributed by atoms with E-state index in [1.54, 1.807) is 12.3 Å². The normalized spacial score (nSPS) is 22.9. The van der Waals surface area contributed by atoms with Crippen molar-refractivity contribution < 1.29 is 28.0 Å². The van der Waals surface area contributed by atoms with Crippen molar-refractivity contribution in [1.82, 2.24) is 19.6 Å².